The molecule has 1 N–H and O–H groups in total. The van der Waals surface area contributed by atoms with Crippen molar-refractivity contribution in [2.45, 2.75) is 25.4 Å². The zero-order valence-corrected chi connectivity index (χ0v) is 10.8. The van der Waals surface area contributed by atoms with Gasteiger partial charge in [0.05, 0.1) is 6.10 Å². The number of ether oxygens (including phenoxy) is 1. The largest absolute Gasteiger partial charge is 0.475 e. The van der Waals surface area contributed by atoms with Crippen molar-refractivity contribution < 1.29 is 23.8 Å². The van der Waals surface area contributed by atoms with Crippen molar-refractivity contribution in [2.75, 3.05) is 20.2 Å². The van der Waals surface area contributed by atoms with Crippen LogP contribution < -0.4 is 0 Å². The minimum atomic E-state index is -1.18. The molecule has 2 rings (SSSR count). The number of carbonyl (C=O) groups is 2. The number of hydrogen-bond acceptors (Lipinski definition) is 4. The molecule has 0 radical (unpaired) electrons. The van der Waals surface area contributed by atoms with Crippen LogP contribution in [-0.2, 0) is 4.74 Å². The summed E-state index contributed by atoms with van der Waals surface area (Å²) in [6, 6.07) is 2.66. The average molecular weight is 267 g/mol. The lowest BCUT2D eigenvalue weighted by atomic mass is 10.1. The third kappa shape index (κ3) is 3.35. The molecule has 0 spiro atoms. The first kappa shape index (κ1) is 13.6. The molecule has 0 aromatic carbocycles. The van der Waals surface area contributed by atoms with Crippen LogP contribution >= 0.6 is 0 Å². The van der Waals surface area contributed by atoms with E-state index in [1.54, 1.807) is 7.05 Å². The molecule has 1 aromatic heterocycles. The highest BCUT2D eigenvalue weighted by Gasteiger charge is 2.22. The Balaban J connectivity index is 1.95. The van der Waals surface area contributed by atoms with Gasteiger partial charge in [0.1, 0.15) is 0 Å². The predicted octanol–water partition coefficient (Wildman–Crippen LogP) is 1.62. The molecule has 6 heteroatoms. The number of amides is 1. The van der Waals surface area contributed by atoms with E-state index in [1.165, 1.54) is 17.0 Å². The maximum Gasteiger partial charge on any atom is 0.371 e. The molecule has 1 saturated heterocycles. The van der Waals surface area contributed by atoms with E-state index in [4.69, 9.17) is 14.3 Å². The first-order valence-corrected chi connectivity index (χ1v) is 6.28. The van der Waals surface area contributed by atoms with Crippen molar-refractivity contribution in [1.29, 1.82) is 0 Å². The highest BCUT2D eigenvalue weighted by molar-refractivity contribution is 5.93. The monoisotopic (exact) mass is 267 g/mol. The third-order valence-electron chi connectivity index (χ3n) is 3.13. The van der Waals surface area contributed by atoms with Gasteiger partial charge in [-0.15, -0.1) is 0 Å². The number of carboxylic acid groups (broad SMARTS) is 1. The van der Waals surface area contributed by atoms with Gasteiger partial charge in [-0.2, -0.15) is 0 Å². The number of carboxylic acids is 1. The molecule has 19 heavy (non-hydrogen) atoms. The summed E-state index contributed by atoms with van der Waals surface area (Å²) in [7, 11) is 1.66. The minimum Gasteiger partial charge on any atom is -0.475 e. The van der Waals surface area contributed by atoms with Crippen molar-refractivity contribution >= 4 is 11.9 Å². The topological polar surface area (TPSA) is 80.0 Å². The fourth-order valence-electron chi connectivity index (χ4n) is 2.10. The second-order valence-corrected chi connectivity index (χ2v) is 4.64. The molecule has 1 aromatic rings. The summed E-state index contributed by atoms with van der Waals surface area (Å²) >= 11 is 0. The van der Waals surface area contributed by atoms with E-state index in [0.29, 0.717) is 6.54 Å². The molecule has 2 heterocycles. The Kier molecular flexibility index (Phi) is 4.21. The quantitative estimate of drug-likeness (QED) is 0.896. The number of rotatable bonds is 4. The zero-order chi connectivity index (χ0) is 13.8. The maximum absolute atomic E-state index is 12.0. The van der Waals surface area contributed by atoms with Crippen molar-refractivity contribution in [2.24, 2.45) is 0 Å². The summed E-state index contributed by atoms with van der Waals surface area (Å²) < 4.78 is 10.5. The summed E-state index contributed by atoms with van der Waals surface area (Å²) in [6.07, 6.45) is 3.16. The highest BCUT2D eigenvalue weighted by Crippen LogP contribution is 2.15. The SMILES string of the molecule is CN(CC1CCCCO1)C(=O)c1ccc(C(=O)O)o1. The number of hydrogen-bond donors (Lipinski definition) is 1. The van der Waals surface area contributed by atoms with Crippen LogP contribution in [0.4, 0.5) is 0 Å². The maximum atomic E-state index is 12.0. The number of furan rings is 1. The van der Waals surface area contributed by atoms with Crippen LogP contribution in [-0.4, -0.2) is 48.2 Å². The van der Waals surface area contributed by atoms with Gasteiger partial charge >= 0.3 is 5.97 Å². The second kappa shape index (κ2) is 5.88. The lowest BCUT2D eigenvalue weighted by Crippen LogP contribution is -2.37. The van der Waals surface area contributed by atoms with E-state index in [9.17, 15) is 9.59 Å². The summed E-state index contributed by atoms with van der Waals surface area (Å²) in [6.45, 7) is 1.22. The van der Waals surface area contributed by atoms with Crippen LogP contribution in [0.15, 0.2) is 16.5 Å². The van der Waals surface area contributed by atoms with Crippen LogP contribution in [0.2, 0.25) is 0 Å². The molecular formula is C13H17NO5. The van der Waals surface area contributed by atoms with Crippen molar-refractivity contribution in [3.05, 3.63) is 23.7 Å². The standard InChI is InChI=1S/C13H17NO5/c1-14(8-9-4-2-3-7-18-9)12(15)10-5-6-11(19-10)13(16)17/h5-6,9H,2-4,7-8H2,1H3,(H,16,17). The first-order valence-electron chi connectivity index (χ1n) is 6.28. The molecule has 1 aliphatic heterocycles. The average Bonchev–Trinajstić information content (AvgIpc) is 2.88. The van der Waals surface area contributed by atoms with Crippen LogP contribution in [0.3, 0.4) is 0 Å². The third-order valence-corrected chi connectivity index (χ3v) is 3.13. The Morgan fingerprint density at radius 2 is 2.11 bits per heavy atom. The molecule has 0 aliphatic carbocycles. The van der Waals surface area contributed by atoms with Gasteiger partial charge in [-0.05, 0) is 31.4 Å². The number of aromatic carboxylic acids is 1. The Morgan fingerprint density at radius 1 is 1.37 bits per heavy atom. The Bertz CT molecular complexity index is 461. The molecule has 104 valence electrons. The summed E-state index contributed by atoms with van der Waals surface area (Å²) in [5.74, 6) is -1.71. The van der Waals surface area contributed by atoms with Gasteiger partial charge in [-0.1, -0.05) is 0 Å². The Morgan fingerprint density at radius 3 is 2.68 bits per heavy atom. The highest BCUT2D eigenvalue weighted by atomic mass is 16.5. The smallest absolute Gasteiger partial charge is 0.371 e. The van der Waals surface area contributed by atoms with E-state index >= 15 is 0 Å². The van der Waals surface area contributed by atoms with Gasteiger partial charge in [-0.3, -0.25) is 4.79 Å². The van der Waals surface area contributed by atoms with Crippen molar-refractivity contribution in [1.82, 2.24) is 4.90 Å². The molecule has 1 aliphatic rings. The van der Waals surface area contributed by atoms with E-state index in [2.05, 4.69) is 0 Å². The molecule has 1 unspecified atom stereocenters. The molecule has 1 amide bonds. The lowest BCUT2D eigenvalue weighted by Gasteiger charge is -2.26. The van der Waals surface area contributed by atoms with E-state index in [-0.39, 0.29) is 23.5 Å². The van der Waals surface area contributed by atoms with Gasteiger partial charge in [0.15, 0.2) is 5.76 Å². The number of likely N-dealkylation sites (N-methyl/N-ethyl adjacent to an activating group) is 1. The van der Waals surface area contributed by atoms with Crippen LogP contribution in [0.1, 0.15) is 40.4 Å². The van der Waals surface area contributed by atoms with Gasteiger partial charge in [0.25, 0.3) is 5.91 Å². The fraction of sp³-hybridized carbons (Fsp3) is 0.538. The normalized spacial score (nSPS) is 19.1. The molecular weight excluding hydrogens is 250 g/mol. The second-order valence-electron chi connectivity index (χ2n) is 4.64. The Labute approximate surface area is 110 Å². The predicted molar refractivity (Wildman–Crippen MR) is 66.2 cm³/mol. The summed E-state index contributed by atoms with van der Waals surface area (Å²) in [5.41, 5.74) is 0. The van der Waals surface area contributed by atoms with E-state index < -0.39 is 5.97 Å². The summed E-state index contributed by atoms with van der Waals surface area (Å²) in [5, 5.41) is 8.74. The fourth-order valence-corrected chi connectivity index (χ4v) is 2.10. The lowest BCUT2D eigenvalue weighted by molar-refractivity contribution is -0.000751. The molecule has 1 fully saturated rings. The zero-order valence-electron chi connectivity index (χ0n) is 10.8. The molecule has 1 atom stereocenters. The van der Waals surface area contributed by atoms with Gasteiger partial charge < -0.3 is 19.2 Å². The van der Waals surface area contributed by atoms with Crippen LogP contribution in [0.25, 0.3) is 0 Å². The van der Waals surface area contributed by atoms with Gasteiger partial charge in [-0.25, -0.2) is 4.79 Å². The summed E-state index contributed by atoms with van der Waals surface area (Å²) in [4.78, 5) is 24.2. The minimum absolute atomic E-state index is 0.0377. The van der Waals surface area contributed by atoms with Crippen molar-refractivity contribution in [3.63, 3.8) is 0 Å². The first-order chi connectivity index (χ1) is 9.08. The van der Waals surface area contributed by atoms with Crippen molar-refractivity contribution in [3.8, 4) is 0 Å². The Hall–Kier alpha value is -1.82. The van der Waals surface area contributed by atoms with E-state index in [0.717, 1.165) is 25.9 Å². The molecule has 6 nitrogen and oxygen atoms in total. The van der Waals surface area contributed by atoms with Gasteiger partial charge in [0, 0.05) is 20.2 Å². The van der Waals surface area contributed by atoms with Gasteiger partial charge in [0.2, 0.25) is 5.76 Å². The molecule has 0 saturated carbocycles. The van der Waals surface area contributed by atoms with Crippen LogP contribution in [0.5, 0.6) is 0 Å². The number of nitrogens with zero attached hydrogens (tertiary/aromatic N) is 1. The molecule has 0 bridgehead atoms. The number of carbonyl (C=O) groups excluding carboxylic acids is 1. The van der Waals surface area contributed by atoms with E-state index in [1.807, 2.05) is 0 Å². The van der Waals surface area contributed by atoms with Crippen LogP contribution in [0, 0.1) is 0 Å².